The highest BCUT2D eigenvalue weighted by molar-refractivity contribution is 4.66. The van der Waals surface area contributed by atoms with Crippen LogP contribution in [0, 0.1) is 0 Å². The largest absolute Gasteiger partial charge is 0.389 e. The topological polar surface area (TPSA) is 41.5 Å². The number of hydrogen-bond donors (Lipinski definition) is 2. The average molecular weight is 217 g/mol. The van der Waals surface area contributed by atoms with Crippen molar-refractivity contribution in [1.82, 2.24) is 5.32 Å². The number of aliphatic hydroxyl groups is 1. The second kappa shape index (κ2) is 10.4. The Morgan fingerprint density at radius 1 is 1.20 bits per heavy atom. The monoisotopic (exact) mass is 217 g/mol. The molecule has 0 rings (SSSR count). The Hall–Kier alpha value is -0.120. The first-order valence-corrected chi connectivity index (χ1v) is 6.23. The second-order valence-electron chi connectivity index (χ2n) is 4.00. The third-order valence-electron chi connectivity index (χ3n) is 2.58. The van der Waals surface area contributed by atoms with Gasteiger partial charge in [0.25, 0.3) is 0 Å². The summed E-state index contributed by atoms with van der Waals surface area (Å²) in [6.45, 7) is 8.30. The third-order valence-corrected chi connectivity index (χ3v) is 2.58. The summed E-state index contributed by atoms with van der Waals surface area (Å²) in [5, 5.41) is 12.9. The van der Waals surface area contributed by atoms with Crippen LogP contribution >= 0.6 is 0 Å². The van der Waals surface area contributed by atoms with Crippen LogP contribution in [0.1, 0.15) is 46.5 Å². The molecule has 0 aromatic rings. The fourth-order valence-corrected chi connectivity index (χ4v) is 1.40. The standard InChI is InChI=1S/C12H27NO2/c1-4-7-8-15-10-12(14)9-13-11(5-2)6-3/h11-14H,4-10H2,1-3H3. The molecule has 3 heteroatoms. The van der Waals surface area contributed by atoms with Crippen molar-refractivity contribution in [3.63, 3.8) is 0 Å². The van der Waals surface area contributed by atoms with Gasteiger partial charge in [-0.15, -0.1) is 0 Å². The predicted molar refractivity (Wildman–Crippen MR) is 64.1 cm³/mol. The van der Waals surface area contributed by atoms with Crippen LogP contribution in [0.4, 0.5) is 0 Å². The molecular weight excluding hydrogens is 190 g/mol. The first-order valence-electron chi connectivity index (χ1n) is 6.23. The van der Waals surface area contributed by atoms with E-state index in [0.717, 1.165) is 32.3 Å². The van der Waals surface area contributed by atoms with E-state index in [9.17, 15) is 5.11 Å². The fourth-order valence-electron chi connectivity index (χ4n) is 1.40. The second-order valence-corrected chi connectivity index (χ2v) is 4.00. The van der Waals surface area contributed by atoms with Crippen LogP contribution in [0.5, 0.6) is 0 Å². The molecule has 0 aromatic heterocycles. The van der Waals surface area contributed by atoms with Crippen molar-refractivity contribution in [3.05, 3.63) is 0 Å². The lowest BCUT2D eigenvalue weighted by molar-refractivity contribution is 0.0344. The Morgan fingerprint density at radius 3 is 2.40 bits per heavy atom. The minimum absolute atomic E-state index is 0.373. The zero-order valence-corrected chi connectivity index (χ0v) is 10.5. The number of rotatable bonds is 10. The molecule has 0 radical (unpaired) electrons. The molecule has 0 aromatic carbocycles. The molecule has 0 bridgehead atoms. The normalized spacial score (nSPS) is 13.4. The molecule has 1 atom stereocenters. The first-order chi connectivity index (χ1) is 7.24. The summed E-state index contributed by atoms with van der Waals surface area (Å²) in [7, 11) is 0. The van der Waals surface area contributed by atoms with Crippen molar-refractivity contribution in [2.45, 2.75) is 58.6 Å². The van der Waals surface area contributed by atoms with E-state index in [2.05, 4.69) is 26.1 Å². The maximum atomic E-state index is 9.60. The van der Waals surface area contributed by atoms with Gasteiger partial charge < -0.3 is 15.2 Å². The van der Waals surface area contributed by atoms with E-state index in [-0.39, 0.29) is 6.10 Å². The van der Waals surface area contributed by atoms with Crippen molar-refractivity contribution in [2.75, 3.05) is 19.8 Å². The Bertz CT molecular complexity index is 127. The van der Waals surface area contributed by atoms with E-state index in [4.69, 9.17) is 4.74 Å². The molecular formula is C12H27NO2. The summed E-state index contributed by atoms with van der Waals surface area (Å²) in [4.78, 5) is 0. The van der Waals surface area contributed by atoms with Gasteiger partial charge >= 0.3 is 0 Å². The summed E-state index contributed by atoms with van der Waals surface area (Å²) < 4.78 is 5.35. The lowest BCUT2D eigenvalue weighted by Crippen LogP contribution is -2.36. The van der Waals surface area contributed by atoms with Gasteiger partial charge in [-0.25, -0.2) is 0 Å². The highest BCUT2D eigenvalue weighted by atomic mass is 16.5. The van der Waals surface area contributed by atoms with Crippen LogP contribution in [-0.2, 0) is 4.74 Å². The molecule has 1 unspecified atom stereocenters. The summed E-state index contributed by atoms with van der Waals surface area (Å²) in [6, 6.07) is 0.523. The van der Waals surface area contributed by atoms with Crippen molar-refractivity contribution in [2.24, 2.45) is 0 Å². The van der Waals surface area contributed by atoms with Gasteiger partial charge in [-0.05, 0) is 19.3 Å². The van der Waals surface area contributed by atoms with Gasteiger partial charge in [-0.3, -0.25) is 0 Å². The molecule has 0 aliphatic heterocycles. The van der Waals surface area contributed by atoms with Crippen LogP contribution in [0.15, 0.2) is 0 Å². The summed E-state index contributed by atoms with van der Waals surface area (Å²) >= 11 is 0. The highest BCUT2D eigenvalue weighted by Gasteiger charge is 2.07. The van der Waals surface area contributed by atoms with Gasteiger partial charge in [-0.1, -0.05) is 27.2 Å². The zero-order valence-electron chi connectivity index (χ0n) is 10.5. The molecule has 0 saturated carbocycles. The van der Waals surface area contributed by atoms with Gasteiger partial charge in [0.15, 0.2) is 0 Å². The van der Waals surface area contributed by atoms with Crippen molar-refractivity contribution >= 4 is 0 Å². The SMILES string of the molecule is CCCCOCC(O)CNC(CC)CC. The summed E-state index contributed by atoms with van der Waals surface area (Å²) in [5.41, 5.74) is 0. The molecule has 2 N–H and O–H groups in total. The molecule has 3 nitrogen and oxygen atoms in total. The number of hydrogen-bond acceptors (Lipinski definition) is 3. The fraction of sp³-hybridized carbons (Fsp3) is 1.00. The maximum absolute atomic E-state index is 9.60. The Balaban J connectivity index is 3.35. The van der Waals surface area contributed by atoms with Crippen molar-refractivity contribution in [1.29, 1.82) is 0 Å². The van der Waals surface area contributed by atoms with Crippen LogP contribution in [-0.4, -0.2) is 37.0 Å². The lowest BCUT2D eigenvalue weighted by Gasteiger charge is -2.17. The van der Waals surface area contributed by atoms with E-state index in [0.29, 0.717) is 19.2 Å². The molecule has 0 amide bonds. The smallest absolute Gasteiger partial charge is 0.0897 e. The molecule has 0 fully saturated rings. The minimum atomic E-state index is -0.373. The van der Waals surface area contributed by atoms with E-state index >= 15 is 0 Å². The number of nitrogens with one attached hydrogen (secondary N) is 1. The van der Waals surface area contributed by atoms with Gasteiger partial charge in [0, 0.05) is 19.2 Å². The van der Waals surface area contributed by atoms with E-state index in [1.54, 1.807) is 0 Å². The predicted octanol–water partition coefficient (Wildman–Crippen LogP) is 1.94. The Kier molecular flexibility index (Phi) is 10.3. The summed E-state index contributed by atoms with van der Waals surface area (Å²) in [6.07, 6.45) is 4.07. The molecule has 15 heavy (non-hydrogen) atoms. The highest BCUT2D eigenvalue weighted by Crippen LogP contribution is 1.96. The van der Waals surface area contributed by atoms with E-state index in [1.807, 2.05) is 0 Å². The quantitative estimate of drug-likeness (QED) is 0.550. The van der Waals surface area contributed by atoms with Crippen LogP contribution in [0.25, 0.3) is 0 Å². The number of ether oxygens (including phenoxy) is 1. The number of aliphatic hydroxyl groups excluding tert-OH is 1. The van der Waals surface area contributed by atoms with Gasteiger partial charge in [0.2, 0.25) is 0 Å². The Labute approximate surface area is 94.2 Å². The maximum Gasteiger partial charge on any atom is 0.0897 e. The molecule has 92 valence electrons. The minimum Gasteiger partial charge on any atom is -0.389 e. The van der Waals surface area contributed by atoms with Gasteiger partial charge in [0.1, 0.15) is 0 Å². The molecule has 0 saturated heterocycles. The first kappa shape index (κ1) is 14.9. The van der Waals surface area contributed by atoms with E-state index in [1.165, 1.54) is 0 Å². The van der Waals surface area contributed by atoms with Gasteiger partial charge in [-0.2, -0.15) is 0 Å². The third kappa shape index (κ3) is 8.85. The van der Waals surface area contributed by atoms with Crippen LogP contribution in [0.2, 0.25) is 0 Å². The molecule has 0 aliphatic carbocycles. The van der Waals surface area contributed by atoms with E-state index < -0.39 is 0 Å². The zero-order chi connectivity index (χ0) is 11.5. The van der Waals surface area contributed by atoms with Crippen LogP contribution in [0.3, 0.4) is 0 Å². The van der Waals surface area contributed by atoms with Gasteiger partial charge in [0.05, 0.1) is 12.7 Å². The molecule has 0 spiro atoms. The Morgan fingerprint density at radius 2 is 1.87 bits per heavy atom. The summed E-state index contributed by atoms with van der Waals surface area (Å²) in [5.74, 6) is 0. The van der Waals surface area contributed by atoms with Crippen molar-refractivity contribution < 1.29 is 9.84 Å². The van der Waals surface area contributed by atoms with Crippen molar-refractivity contribution in [3.8, 4) is 0 Å². The number of unbranched alkanes of at least 4 members (excludes halogenated alkanes) is 1. The average Bonchev–Trinajstić information content (AvgIpc) is 2.26. The molecule has 0 aliphatic rings. The molecule has 0 heterocycles. The lowest BCUT2D eigenvalue weighted by atomic mass is 10.1. The van der Waals surface area contributed by atoms with Crippen LogP contribution < -0.4 is 5.32 Å².